The maximum absolute atomic E-state index is 11.9. The number of halogens is 1. The van der Waals surface area contributed by atoms with Crippen LogP contribution in [0.25, 0.3) is 0 Å². The topological polar surface area (TPSA) is 99.5 Å². The van der Waals surface area contributed by atoms with Crippen molar-refractivity contribution in [3.63, 3.8) is 0 Å². The second kappa shape index (κ2) is 7.06. The van der Waals surface area contributed by atoms with E-state index in [1.807, 2.05) is 6.92 Å². The lowest BCUT2D eigenvalue weighted by atomic mass is 10.1. The van der Waals surface area contributed by atoms with Gasteiger partial charge in [-0.3, -0.25) is 4.79 Å². The van der Waals surface area contributed by atoms with E-state index >= 15 is 0 Å². The van der Waals surface area contributed by atoms with Gasteiger partial charge in [0.1, 0.15) is 11.2 Å². The van der Waals surface area contributed by atoms with Gasteiger partial charge in [-0.1, -0.05) is 18.5 Å². The first kappa shape index (κ1) is 15.4. The molecule has 0 bridgehead atoms. The number of pyridine rings is 1. The third kappa shape index (κ3) is 4.50. The molecule has 0 radical (unpaired) electrons. The van der Waals surface area contributed by atoms with Crippen molar-refractivity contribution < 1.29 is 19.8 Å². The van der Waals surface area contributed by atoms with Crippen molar-refractivity contribution in [2.75, 3.05) is 6.61 Å². The second-order valence-corrected chi connectivity index (χ2v) is 4.29. The summed E-state index contributed by atoms with van der Waals surface area (Å²) in [6.07, 6.45) is 0.556. The van der Waals surface area contributed by atoms with E-state index in [0.29, 0.717) is 12.1 Å². The molecule has 0 unspecified atom stereocenters. The lowest BCUT2D eigenvalue weighted by Gasteiger charge is -2.13. The average Bonchev–Trinajstić information content (AvgIpc) is 2.37. The minimum atomic E-state index is -1.20. The first-order chi connectivity index (χ1) is 8.97. The van der Waals surface area contributed by atoms with E-state index in [-0.39, 0.29) is 23.7 Å². The van der Waals surface area contributed by atoms with E-state index in [2.05, 4.69) is 10.3 Å². The molecule has 3 N–H and O–H groups in total. The van der Waals surface area contributed by atoms with Gasteiger partial charge in [0, 0.05) is 24.3 Å². The molecule has 0 aliphatic heterocycles. The number of aliphatic hydroxyl groups excluding tert-OH is 1. The highest BCUT2D eigenvalue weighted by molar-refractivity contribution is 6.29. The number of carbonyl (C=O) groups is 2. The smallest absolute Gasteiger partial charge is 0.326 e. The van der Waals surface area contributed by atoms with Crippen molar-refractivity contribution in [1.82, 2.24) is 10.3 Å². The quantitative estimate of drug-likeness (QED) is 0.674. The fraction of sp³-hybridized carbons (Fsp3) is 0.417. The van der Waals surface area contributed by atoms with Gasteiger partial charge in [0.05, 0.1) is 0 Å². The minimum Gasteiger partial charge on any atom is -0.480 e. The van der Waals surface area contributed by atoms with Crippen LogP contribution in [0.1, 0.15) is 29.4 Å². The van der Waals surface area contributed by atoms with Crippen molar-refractivity contribution >= 4 is 23.5 Å². The highest BCUT2D eigenvalue weighted by Crippen LogP contribution is 2.12. The van der Waals surface area contributed by atoms with E-state index < -0.39 is 17.9 Å². The number of aliphatic carboxylic acids is 1. The maximum Gasteiger partial charge on any atom is 0.326 e. The number of nitrogens with one attached hydrogen (secondary N) is 1. The molecule has 1 aromatic rings. The Labute approximate surface area is 115 Å². The van der Waals surface area contributed by atoms with Gasteiger partial charge in [0.2, 0.25) is 0 Å². The number of nitrogens with zero attached hydrogens (tertiary/aromatic N) is 1. The highest BCUT2D eigenvalue weighted by Gasteiger charge is 2.20. The number of carboxylic acids is 1. The zero-order chi connectivity index (χ0) is 14.4. The van der Waals surface area contributed by atoms with Crippen LogP contribution >= 0.6 is 11.6 Å². The monoisotopic (exact) mass is 286 g/mol. The summed E-state index contributed by atoms with van der Waals surface area (Å²) in [6.45, 7) is 1.54. The van der Waals surface area contributed by atoms with Crippen LogP contribution in [0.5, 0.6) is 0 Å². The summed E-state index contributed by atoms with van der Waals surface area (Å²) in [6, 6.07) is 1.79. The number of aliphatic hydroxyl groups is 1. The van der Waals surface area contributed by atoms with Gasteiger partial charge in [-0.05, 0) is 18.6 Å². The Kier molecular flexibility index (Phi) is 5.72. The van der Waals surface area contributed by atoms with E-state index in [9.17, 15) is 9.59 Å². The second-order valence-electron chi connectivity index (χ2n) is 3.90. The molecule has 0 saturated carbocycles. The zero-order valence-electron chi connectivity index (χ0n) is 10.4. The molecule has 6 nitrogen and oxygen atoms in total. The van der Waals surface area contributed by atoms with Gasteiger partial charge in [-0.2, -0.15) is 0 Å². The van der Waals surface area contributed by atoms with Crippen LogP contribution in [0, 0.1) is 0 Å². The normalized spacial score (nSPS) is 11.9. The summed E-state index contributed by atoms with van der Waals surface area (Å²) >= 11 is 5.79. The molecule has 0 aliphatic rings. The number of rotatable bonds is 6. The van der Waals surface area contributed by atoms with Gasteiger partial charge < -0.3 is 15.5 Å². The predicted molar refractivity (Wildman–Crippen MR) is 69.2 cm³/mol. The Morgan fingerprint density at radius 3 is 2.68 bits per heavy atom. The fourth-order valence-corrected chi connectivity index (χ4v) is 1.72. The van der Waals surface area contributed by atoms with E-state index in [1.54, 1.807) is 6.07 Å². The summed E-state index contributed by atoms with van der Waals surface area (Å²) in [7, 11) is 0. The third-order valence-corrected chi connectivity index (χ3v) is 2.69. The molecule has 1 amide bonds. The Bertz CT molecular complexity index is 479. The molecule has 19 heavy (non-hydrogen) atoms. The lowest BCUT2D eigenvalue weighted by molar-refractivity contribution is -0.139. The summed E-state index contributed by atoms with van der Waals surface area (Å²) in [4.78, 5) is 26.8. The number of aromatic nitrogens is 1. The predicted octanol–water partition coefficient (Wildman–Crippen LogP) is 0.863. The molecule has 1 aromatic heterocycles. The van der Waals surface area contributed by atoms with E-state index in [1.165, 1.54) is 6.07 Å². The summed E-state index contributed by atoms with van der Waals surface area (Å²) in [5.41, 5.74) is 0.896. The largest absolute Gasteiger partial charge is 0.480 e. The maximum atomic E-state index is 11.9. The van der Waals surface area contributed by atoms with Gasteiger partial charge >= 0.3 is 5.97 Å². The van der Waals surface area contributed by atoms with Crippen molar-refractivity contribution in [3.8, 4) is 0 Å². The Balaban J connectivity index is 2.87. The van der Waals surface area contributed by atoms with Crippen molar-refractivity contribution in [2.45, 2.75) is 25.8 Å². The first-order valence-electron chi connectivity index (χ1n) is 5.79. The lowest BCUT2D eigenvalue weighted by Crippen LogP contribution is -2.41. The van der Waals surface area contributed by atoms with Crippen LogP contribution in [-0.2, 0) is 11.2 Å². The number of amides is 1. The average molecular weight is 287 g/mol. The Hall–Kier alpha value is -1.66. The molecule has 1 rings (SSSR count). The van der Waals surface area contributed by atoms with E-state index in [0.717, 1.165) is 0 Å². The molecule has 0 aromatic carbocycles. The number of hydrogen-bond acceptors (Lipinski definition) is 4. The standard InChI is InChI=1S/C12H15ClN2O4/c1-2-8-5-7(6-10(13)14-8)11(17)15-9(3-4-16)12(18)19/h5-6,9,16H,2-4H2,1H3,(H,15,17)(H,18,19)/t9-/m1/s1. The van der Waals surface area contributed by atoms with Crippen molar-refractivity contribution in [2.24, 2.45) is 0 Å². The molecule has 0 saturated heterocycles. The SMILES string of the molecule is CCc1cc(C(=O)N[C@H](CCO)C(=O)O)cc(Cl)n1. The molecule has 1 heterocycles. The first-order valence-corrected chi connectivity index (χ1v) is 6.16. The van der Waals surface area contributed by atoms with Crippen LogP contribution in [0.3, 0.4) is 0 Å². The number of aryl methyl sites for hydroxylation is 1. The van der Waals surface area contributed by atoms with Crippen LogP contribution in [0.15, 0.2) is 12.1 Å². The molecule has 104 valence electrons. The molecule has 7 heteroatoms. The van der Waals surface area contributed by atoms with Crippen LogP contribution in [-0.4, -0.2) is 39.7 Å². The number of carbonyl (C=O) groups excluding carboxylic acids is 1. The van der Waals surface area contributed by atoms with Crippen LogP contribution in [0.4, 0.5) is 0 Å². The summed E-state index contributed by atoms with van der Waals surface area (Å²) in [5, 5.41) is 20.1. The number of hydrogen-bond donors (Lipinski definition) is 3. The number of carboxylic acid groups (broad SMARTS) is 1. The third-order valence-electron chi connectivity index (χ3n) is 2.49. The highest BCUT2D eigenvalue weighted by atomic mass is 35.5. The van der Waals surface area contributed by atoms with Gasteiger partial charge in [0.25, 0.3) is 5.91 Å². The van der Waals surface area contributed by atoms with Gasteiger partial charge in [-0.15, -0.1) is 0 Å². The summed E-state index contributed by atoms with van der Waals surface area (Å²) in [5.74, 6) is -1.75. The van der Waals surface area contributed by atoms with Crippen LogP contribution in [0.2, 0.25) is 5.15 Å². The molecule has 0 aliphatic carbocycles. The minimum absolute atomic E-state index is 0.0550. The summed E-state index contributed by atoms with van der Waals surface area (Å²) < 4.78 is 0. The molecular weight excluding hydrogens is 272 g/mol. The zero-order valence-corrected chi connectivity index (χ0v) is 11.1. The van der Waals surface area contributed by atoms with Gasteiger partial charge in [-0.25, -0.2) is 9.78 Å². The molecule has 0 fully saturated rings. The van der Waals surface area contributed by atoms with Crippen molar-refractivity contribution in [1.29, 1.82) is 0 Å². The molecular formula is C12H15ClN2O4. The van der Waals surface area contributed by atoms with E-state index in [4.69, 9.17) is 21.8 Å². The Morgan fingerprint density at radius 2 is 2.16 bits per heavy atom. The Morgan fingerprint density at radius 1 is 1.47 bits per heavy atom. The van der Waals surface area contributed by atoms with Gasteiger partial charge in [0.15, 0.2) is 0 Å². The molecule has 1 atom stereocenters. The van der Waals surface area contributed by atoms with Crippen LogP contribution < -0.4 is 5.32 Å². The fourth-order valence-electron chi connectivity index (χ4n) is 1.49. The molecule has 0 spiro atoms. The van der Waals surface area contributed by atoms with Crippen molar-refractivity contribution in [3.05, 3.63) is 28.5 Å².